The predicted molar refractivity (Wildman–Crippen MR) is 70.0 cm³/mol. The molecule has 0 aliphatic carbocycles. The first kappa shape index (κ1) is 13.5. The molecule has 6 nitrogen and oxygen atoms in total. The minimum Gasteiger partial charge on any atom is -0.398 e. The molecule has 2 amide bonds. The summed E-state index contributed by atoms with van der Waals surface area (Å²) in [5, 5.41) is 12.4. The van der Waals surface area contributed by atoms with E-state index in [0.29, 0.717) is 11.3 Å². The number of nitrogens with zero attached hydrogens (tertiary/aromatic N) is 1. The van der Waals surface area contributed by atoms with Crippen molar-refractivity contribution in [2.45, 2.75) is 19.1 Å². The third-order valence-corrected chi connectivity index (χ3v) is 3.30. The lowest BCUT2D eigenvalue weighted by molar-refractivity contribution is -0.140. The Bertz CT molecular complexity index is 504. The Kier molecular flexibility index (Phi) is 3.82. The summed E-state index contributed by atoms with van der Waals surface area (Å²) in [7, 11) is 0. The van der Waals surface area contributed by atoms with E-state index in [2.05, 4.69) is 5.32 Å². The minimum absolute atomic E-state index is 0.0940. The number of imide groups is 1. The topological polar surface area (TPSA) is 95.7 Å². The van der Waals surface area contributed by atoms with E-state index in [0.717, 1.165) is 0 Å². The maximum absolute atomic E-state index is 11.5. The van der Waals surface area contributed by atoms with Gasteiger partial charge in [-0.3, -0.25) is 19.8 Å². The van der Waals surface area contributed by atoms with E-state index in [1.807, 2.05) is 0 Å². The number of anilines is 1. The van der Waals surface area contributed by atoms with Crippen LogP contribution in [0.2, 0.25) is 0 Å². The Morgan fingerprint density at radius 1 is 1.47 bits per heavy atom. The van der Waals surface area contributed by atoms with Gasteiger partial charge in [0.15, 0.2) is 0 Å². The number of nitrogens with one attached hydrogen (secondary N) is 1. The summed E-state index contributed by atoms with van der Waals surface area (Å²) in [6, 6.07) is 6.56. The van der Waals surface area contributed by atoms with Crippen molar-refractivity contribution in [2.75, 3.05) is 18.8 Å². The molecule has 1 heterocycles. The second-order valence-electron chi connectivity index (χ2n) is 4.66. The lowest BCUT2D eigenvalue weighted by Crippen LogP contribution is -2.57. The van der Waals surface area contributed by atoms with Gasteiger partial charge in [0.2, 0.25) is 11.8 Å². The summed E-state index contributed by atoms with van der Waals surface area (Å²) in [4.78, 5) is 24.5. The normalized spacial score (nSPS) is 22.1. The number of hydrogen-bond donors (Lipinski definition) is 3. The first-order valence-electron chi connectivity index (χ1n) is 6.09. The molecule has 1 saturated heterocycles. The van der Waals surface area contributed by atoms with Gasteiger partial charge in [-0.15, -0.1) is 0 Å². The zero-order valence-electron chi connectivity index (χ0n) is 10.7. The van der Waals surface area contributed by atoms with E-state index >= 15 is 0 Å². The fraction of sp³-hybridized carbons (Fsp3) is 0.385. The number of amides is 2. The second kappa shape index (κ2) is 5.38. The van der Waals surface area contributed by atoms with Crippen molar-refractivity contribution in [3.63, 3.8) is 0 Å². The van der Waals surface area contributed by atoms with Gasteiger partial charge in [-0.25, -0.2) is 0 Å². The number of nitrogens with two attached hydrogens (primary N) is 1. The molecule has 2 unspecified atom stereocenters. The molecule has 0 saturated carbocycles. The van der Waals surface area contributed by atoms with E-state index in [1.165, 1.54) is 0 Å². The SMILES string of the molecule is CC1C(=O)NC(=O)CN1CC(O)c1ccccc1N. The van der Waals surface area contributed by atoms with Crippen LogP contribution < -0.4 is 11.1 Å². The van der Waals surface area contributed by atoms with Gasteiger partial charge in [0.1, 0.15) is 0 Å². The lowest BCUT2D eigenvalue weighted by atomic mass is 10.1. The largest absolute Gasteiger partial charge is 0.398 e. The van der Waals surface area contributed by atoms with Crippen molar-refractivity contribution >= 4 is 17.5 Å². The van der Waals surface area contributed by atoms with Crippen molar-refractivity contribution in [3.8, 4) is 0 Å². The maximum Gasteiger partial charge on any atom is 0.243 e. The molecule has 1 aromatic carbocycles. The van der Waals surface area contributed by atoms with Gasteiger partial charge in [0.25, 0.3) is 0 Å². The molecule has 1 aromatic rings. The van der Waals surface area contributed by atoms with Gasteiger partial charge < -0.3 is 10.8 Å². The van der Waals surface area contributed by atoms with Crippen LogP contribution in [-0.2, 0) is 9.59 Å². The Morgan fingerprint density at radius 2 is 2.16 bits per heavy atom. The summed E-state index contributed by atoms with van der Waals surface area (Å²) in [6.45, 7) is 1.98. The molecule has 4 N–H and O–H groups in total. The summed E-state index contributed by atoms with van der Waals surface area (Å²) < 4.78 is 0. The van der Waals surface area contributed by atoms with E-state index in [9.17, 15) is 14.7 Å². The molecule has 1 aliphatic heterocycles. The van der Waals surface area contributed by atoms with Crippen LogP contribution in [0.15, 0.2) is 24.3 Å². The monoisotopic (exact) mass is 263 g/mol. The molecule has 2 rings (SSSR count). The molecule has 102 valence electrons. The van der Waals surface area contributed by atoms with Crippen LogP contribution in [0.3, 0.4) is 0 Å². The Labute approximate surface area is 111 Å². The third-order valence-electron chi connectivity index (χ3n) is 3.30. The molecular formula is C13H17N3O3. The van der Waals surface area contributed by atoms with Crippen LogP contribution in [0.25, 0.3) is 0 Å². The van der Waals surface area contributed by atoms with E-state index in [1.54, 1.807) is 36.1 Å². The number of piperazine rings is 1. The van der Waals surface area contributed by atoms with Crippen molar-refractivity contribution < 1.29 is 14.7 Å². The Balaban J connectivity index is 2.10. The standard InChI is InChI=1S/C13H17N3O3/c1-8-13(19)15-12(18)7-16(8)6-11(17)9-4-2-3-5-10(9)14/h2-5,8,11,17H,6-7,14H2,1H3,(H,15,18,19). The molecular weight excluding hydrogens is 246 g/mol. The highest BCUT2D eigenvalue weighted by molar-refractivity contribution is 6.00. The number of benzene rings is 1. The van der Waals surface area contributed by atoms with Crippen LogP contribution in [0.5, 0.6) is 0 Å². The number of nitrogen functional groups attached to an aromatic ring is 1. The van der Waals surface area contributed by atoms with Crippen molar-refractivity contribution in [1.82, 2.24) is 10.2 Å². The fourth-order valence-corrected chi connectivity index (χ4v) is 2.13. The van der Waals surface area contributed by atoms with Crippen molar-refractivity contribution in [3.05, 3.63) is 29.8 Å². The minimum atomic E-state index is -0.831. The summed E-state index contributed by atoms with van der Waals surface area (Å²) in [5.74, 6) is -0.694. The van der Waals surface area contributed by atoms with Gasteiger partial charge in [-0.1, -0.05) is 18.2 Å². The van der Waals surface area contributed by atoms with Gasteiger partial charge in [0, 0.05) is 17.8 Å². The molecule has 2 atom stereocenters. The number of carbonyl (C=O) groups excluding carboxylic acids is 2. The van der Waals surface area contributed by atoms with E-state index in [-0.39, 0.29) is 24.9 Å². The number of aliphatic hydroxyl groups excluding tert-OH is 1. The maximum atomic E-state index is 11.5. The van der Waals surface area contributed by atoms with Crippen molar-refractivity contribution in [2.24, 2.45) is 0 Å². The first-order valence-corrected chi connectivity index (χ1v) is 6.09. The fourth-order valence-electron chi connectivity index (χ4n) is 2.13. The molecule has 19 heavy (non-hydrogen) atoms. The average Bonchev–Trinajstić information content (AvgIpc) is 2.35. The average molecular weight is 263 g/mol. The zero-order chi connectivity index (χ0) is 14.0. The number of rotatable bonds is 3. The molecule has 0 radical (unpaired) electrons. The molecule has 0 spiro atoms. The zero-order valence-corrected chi connectivity index (χ0v) is 10.7. The highest BCUT2D eigenvalue weighted by Crippen LogP contribution is 2.22. The summed E-state index contributed by atoms with van der Waals surface area (Å²) in [6.07, 6.45) is -0.831. The predicted octanol–water partition coefficient (Wildman–Crippen LogP) is -0.351. The number of para-hydroxylation sites is 1. The summed E-state index contributed by atoms with van der Waals surface area (Å²) in [5.41, 5.74) is 6.89. The van der Waals surface area contributed by atoms with Crippen LogP contribution in [-0.4, -0.2) is 41.0 Å². The second-order valence-corrected chi connectivity index (χ2v) is 4.66. The highest BCUT2D eigenvalue weighted by atomic mass is 16.3. The molecule has 1 aliphatic rings. The quantitative estimate of drug-likeness (QED) is 0.511. The number of hydrogen-bond acceptors (Lipinski definition) is 5. The van der Waals surface area contributed by atoms with Crippen LogP contribution in [0.4, 0.5) is 5.69 Å². The van der Waals surface area contributed by atoms with E-state index in [4.69, 9.17) is 5.73 Å². The van der Waals surface area contributed by atoms with Crippen LogP contribution in [0, 0.1) is 0 Å². The Morgan fingerprint density at radius 3 is 2.84 bits per heavy atom. The van der Waals surface area contributed by atoms with Crippen molar-refractivity contribution in [1.29, 1.82) is 0 Å². The smallest absolute Gasteiger partial charge is 0.243 e. The molecule has 1 fully saturated rings. The van der Waals surface area contributed by atoms with Gasteiger partial charge >= 0.3 is 0 Å². The molecule has 6 heteroatoms. The third kappa shape index (κ3) is 2.91. The number of carbonyl (C=O) groups is 2. The van der Waals surface area contributed by atoms with Crippen LogP contribution >= 0.6 is 0 Å². The Hall–Kier alpha value is -1.92. The van der Waals surface area contributed by atoms with Gasteiger partial charge in [-0.05, 0) is 13.0 Å². The first-order chi connectivity index (χ1) is 8.99. The molecule has 0 aromatic heterocycles. The highest BCUT2D eigenvalue weighted by Gasteiger charge is 2.31. The van der Waals surface area contributed by atoms with Gasteiger partial charge in [-0.2, -0.15) is 0 Å². The summed E-state index contributed by atoms with van der Waals surface area (Å²) >= 11 is 0. The lowest BCUT2D eigenvalue weighted by Gasteiger charge is -2.33. The van der Waals surface area contributed by atoms with E-state index < -0.39 is 12.1 Å². The number of aliphatic hydroxyl groups is 1. The molecule has 0 bridgehead atoms. The number of β-amino-alcohol motifs (C(OH)–C–C–N with tert-alkyl or cyclic N) is 1. The van der Waals surface area contributed by atoms with Gasteiger partial charge in [0.05, 0.1) is 18.7 Å². The van der Waals surface area contributed by atoms with Crippen LogP contribution in [0.1, 0.15) is 18.6 Å².